The van der Waals surface area contributed by atoms with E-state index in [2.05, 4.69) is 28.4 Å². The number of fused-ring (bicyclic) bond motifs is 1. The highest BCUT2D eigenvalue weighted by Crippen LogP contribution is 2.14. The van der Waals surface area contributed by atoms with Crippen molar-refractivity contribution >= 4 is 11.5 Å². The normalized spacial score (nSPS) is 12.9. The Morgan fingerprint density at radius 3 is 3.00 bits per heavy atom. The van der Waals surface area contributed by atoms with Gasteiger partial charge in [0.2, 0.25) is 0 Å². The summed E-state index contributed by atoms with van der Waals surface area (Å²) in [6, 6.07) is 4.33. The number of anilines is 1. The SMILES string of the molecule is CCC(CN)Nc1cc(C)cc2ncnn12. The lowest BCUT2D eigenvalue weighted by Crippen LogP contribution is -2.29. The molecule has 0 spiro atoms. The van der Waals surface area contributed by atoms with Gasteiger partial charge in [0.05, 0.1) is 0 Å². The van der Waals surface area contributed by atoms with Gasteiger partial charge in [0, 0.05) is 12.6 Å². The van der Waals surface area contributed by atoms with E-state index in [1.165, 1.54) is 0 Å². The van der Waals surface area contributed by atoms with Crippen molar-refractivity contribution in [1.82, 2.24) is 14.6 Å². The Labute approximate surface area is 94.7 Å². The largest absolute Gasteiger partial charge is 0.366 e. The van der Waals surface area contributed by atoms with Gasteiger partial charge in [0.25, 0.3) is 0 Å². The van der Waals surface area contributed by atoms with Crippen molar-refractivity contribution in [2.24, 2.45) is 5.73 Å². The predicted molar refractivity (Wildman–Crippen MR) is 64.5 cm³/mol. The van der Waals surface area contributed by atoms with E-state index in [4.69, 9.17) is 5.73 Å². The highest BCUT2D eigenvalue weighted by atomic mass is 15.3. The van der Waals surface area contributed by atoms with Crippen LogP contribution in [-0.2, 0) is 0 Å². The molecule has 0 bridgehead atoms. The molecule has 16 heavy (non-hydrogen) atoms. The molecule has 5 nitrogen and oxygen atoms in total. The van der Waals surface area contributed by atoms with Crippen LogP contribution < -0.4 is 11.1 Å². The van der Waals surface area contributed by atoms with Crippen LogP contribution in [0.2, 0.25) is 0 Å². The van der Waals surface area contributed by atoms with Crippen molar-refractivity contribution < 1.29 is 0 Å². The standard InChI is InChI=1S/C11H17N5/c1-3-9(6-12)15-11-5-8(2)4-10-13-7-14-16(10)11/h4-5,7,9,15H,3,6,12H2,1-2H3. The molecule has 0 aliphatic rings. The van der Waals surface area contributed by atoms with E-state index in [0.717, 1.165) is 23.4 Å². The number of hydrogen-bond acceptors (Lipinski definition) is 4. The molecule has 0 fully saturated rings. The molecule has 0 aromatic carbocycles. The van der Waals surface area contributed by atoms with Gasteiger partial charge in [-0.05, 0) is 31.0 Å². The van der Waals surface area contributed by atoms with Gasteiger partial charge in [0.1, 0.15) is 12.1 Å². The number of aryl methyl sites for hydroxylation is 1. The van der Waals surface area contributed by atoms with Crippen LogP contribution in [0.4, 0.5) is 5.82 Å². The first-order chi connectivity index (χ1) is 7.74. The number of aromatic nitrogens is 3. The lowest BCUT2D eigenvalue weighted by Gasteiger charge is -2.16. The summed E-state index contributed by atoms with van der Waals surface area (Å²) in [6.45, 7) is 4.77. The Balaban J connectivity index is 2.38. The van der Waals surface area contributed by atoms with Gasteiger partial charge in [-0.25, -0.2) is 4.98 Å². The van der Waals surface area contributed by atoms with Gasteiger partial charge in [0.15, 0.2) is 5.65 Å². The summed E-state index contributed by atoms with van der Waals surface area (Å²) in [5, 5.41) is 7.57. The minimum Gasteiger partial charge on any atom is -0.366 e. The smallest absolute Gasteiger partial charge is 0.157 e. The zero-order valence-electron chi connectivity index (χ0n) is 9.64. The summed E-state index contributed by atoms with van der Waals surface area (Å²) < 4.78 is 1.80. The fourth-order valence-corrected chi connectivity index (χ4v) is 1.70. The average Bonchev–Trinajstić information content (AvgIpc) is 2.73. The molecule has 0 aliphatic carbocycles. The van der Waals surface area contributed by atoms with E-state index >= 15 is 0 Å². The van der Waals surface area contributed by atoms with Crippen molar-refractivity contribution in [3.63, 3.8) is 0 Å². The fraction of sp³-hybridized carbons (Fsp3) is 0.455. The fourth-order valence-electron chi connectivity index (χ4n) is 1.70. The molecule has 0 aliphatic heterocycles. The van der Waals surface area contributed by atoms with Crippen LogP contribution in [0.3, 0.4) is 0 Å². The molecule has 2 rings (SSSR count). The van der Waals surface area contributed by atoms with Gasteiger partial charge < -0.3 is 11.1 Å². The highest BCUT2D eigenvalue weighted by Gasteiger charge is 2.08. The molecule has 0 saturated carbocycles. The third-order valence-electron chi connectivity index (χ3n) is 2.65. The summed E-state index contributed by atoms with van der Waals surface area (Å²) in [6.07, 6.45) is 2.55. The van der Waals surface area contributed by atoms with E-state index in [-0.39, 0.29) is 6.04 Å². The lowest BCUT2D eigenvalue weighted by molar-refractivity contribution is 0.694. The maximum absolute atomic E-state index is 5.68. The molecular formula is C11H17N5. The molecule has 0 amide bonds. The summed E-state index contributed by atoms with van der Waals surface area (Å²) in [4.78, 5) is 4.18. The topological polar surface area (TPSA) is 68.2 Å². The Hall–Kier alpha value is -1.62. The molecule has 0 saturated heterocycles. The van der Waals surface area contributed by atoms with Crippen molar-refractivity contribution in [2.45, 2.75) is 26.3 Å². The van der Waals surface area contributed by atoms with Gasteiger partial charge in [-0.2, -0.15) is 9.61 Å². The third kappa shape index (κ3) is 1.99. The predicted octanol–water partition coefficient (Wildman–Crippen LogP) is 1.19. The second-order valence-electron chi connectivity index (χ2n) is 3.93. The first-order valence-electron chi connectivity index (χ1n) is 5.51. The number of nitrogens with zero attached hydrogens (tertiary/aromatic N) is 3. The van der Waals surface area contributed by atoms with Crippen LogP contribution in [0.1, 0.15) is 18.9 Å². The molecule has 5 heteroatoms. The quantitative estimate of drug-likeness (QED) is 0.810. The summed E-state index contributed by atoms with van der Waals surface area (Å²) in [5.41, 5.74) is 7.70. The average molecular weight is 219 g/mol. The van der Waals surface area contributed by atoms with E-state index in [0.29, 0.717) is 6.54 Å². The Bertz CT molecular complexity index is 472. The molecule has 1 unspecified atom stereocenters. The number of hydrogen-bond donors (Lipinski definition) is 2. The molecule has 86 valence electrons. The van der Waals surface area contributed by atoms with Gasteiger partial charge in [-0.1, -0.05) is 6.92 Å². The molecule has 2 aromatic heterocycles. The van der Waals surface area contributed by atoms with Crippen LogP contribution in [0.5, 0.6) is 0 Å². The summed E-state index contributed by atoms with van der Waals surface area (Å²) in [5.74, 6) is 0.949. The van der Waals surface area contributed by atoms with Crippen molar-refractivity contribution in [1.29, 1.82) is 0 Å². The number of rotatable bonds is 4. The highest BCUT2D eigenvalue weighted by molar-refractivity contribution is 5.51. The number of pyridine rings is 1. The summed E-state index contributed by atoms with van der Waals surface area (Å²) in [7, 11) is 0. The van der Waals surface area contributed by atoms with Crippen LogP contribution >= 0.6 is 0 Å². The number of nitrogens with one attached hydrogen (secondary N) is 1. The van der Waals surface area contributed by atoms with Crippen molar-refractivity contribution in [3.8, 4) is 0 Å². The van der Waals surface area contributed by atoms with Gasteiger partial charge in [-0.3, -0.25) is 0 Å². The number of nitrogens with two attached hydrogens (primary N) is 1. The zero-order chi connectivity index (χ0) is 11.5. The molecule has 3 N–H and O–H groups in total. The van der Waals surface area contributed by atoms with Crippen LogP contribution in [0.25, 0.3) is 5.65 Å². The van der Waals surface area contributed by atoms with Crippen LogP contribution in [0, 0.1) is 6.92 Å². The van der Waals surface area contributed by atoms with Gasteiger partial charge in [-0.15, -0.1) is 0 Å². The van der Waals surface area contributed by atoms with Crippen LogP contribution in [0.15, 0.2) is 18.5 Å². The van der Waals surface area contributed by atoms with E-state index in [9.17, 15) is 0 Å². The monoisotopic (exact) mass is 219 g/mol. The van der Waals surface area contributed by atoms with Crippen molar-refractivity contribution in [3.05, 3.63) is 24.0 Å². The first kappa shape index (κ1) is 10.9. The first-order valence-corrected chi connectivity index (χ1v) is 5.51. The summed E-state index contributed by atoms with van der Waals surface area (Å²) >= 11 is 0. The molecule has 2 aromatic rings. The Morgan fingerprint density at radius 2 is 2.31 bits per heavy atom. The maximum atomic E-state index is 5.68. The maximum Gasteiger partial charge on any atom is 0.157 e. The van der Waals surface area contributed by atoms with Crippen LogP contribution in [-0.4, -0.2) is 27.2 Å². The van der Waals surface area contributed by atoms with E-state index < -0.39 is 0 Å². The van der Waals surface area contributed by atoms with E-state index in [1.54, 1.807) is 10.8 Å². The minimum absolute atomic E-state index is 0.272. The zero-order valence-corrected chi connectivity index (χ0v) is 9.64. The Morgan fingerprint density at radius 1 is 1.50 bits per heavy atom. The molecule has 0 radical (unpaired) electrons. The molecule has 2 heterocycles. The lowest BCUT2D eigenvalue weighted by atomic mass is 10.2. The second-order valence-corrected chi connectivity index (χ2v) is 3.93. The minimum atomic E-state index is 0.272. The Kier molecular flexibility index (Phi) is 3.05. The van der Waals surface area contributed by atoms with Gasteiger partial charge >= 0.3 is 0 Å². The van der Waals surface area contributed by atoms with E-state index in [1.807, 2.05) is 13.0 Å². The van der Waals surface area contributed by atoms with Crippen molar-refractivity contribution in [2.75, 3.05) is 11.9 Å². The second kappa shape index (κ2) is 4.49. The molecular weight excluding hydrogens is 202 g/mol. The third-order valence-corrected chi connectivity index (χ3v) is 2.65. The molecule has 1 atom stereocenters.